The van der Waals surface area contributed by atoms with Crippen molar-refractivity contribution in [3.63, 3.8) is 0 Å². The van der Waals surface area contributed by atoms with Gasteiger partial charge in [-0.3, -0.25) is 0 Å². The van der Waals surface area contributed by atoms with Crippen LogP contribution in [-0.4, -0.2) is 14.5 Å². The molecule has 1 saturated carbocycles. The summed E-state index contributed by atoms with van der Waals surface area (Å²) in [5.41, 5.74) is 5.55. The highest BCUT2D eigenvalue weighted by Crippen LogP contribution is 2.22. The summed E-state index contributed by atoms with van der Waals surface area (Å²) in [6.07, 6.45) is 7.25. The molecule has 1 aliphatic rings. The summed E-state index contributed by atoms with van der Waals surface area (Å²) in [6.45, 7) is -0.131. The average Bonchev–Trinajstić information content (AvgIpc) is 2.41. The summed E-state index contributed by atoms with van der Waals surface area (Å²) in [5, 5.41) is 0. The molecule has 0 unspecified atom stereocenters. The molecule has 0 radical (unpaired) electrons. The van der Waals surface area contributed by atoms with Gasteiger partial charge in [0, 0.05) is 18.2 Å². The zero-order valence-corrected chi connectivity index (χ0v) is 13.0. The molecule has 1 aromatic rings. The maximum absolute atomic E-state index is 13.7. The Morgan fingerprint density at radius 3 is 2.38 bits per heavy atom. The van der Waals surface area contributed by atoms with Crippen molar-refractivity contribution in [2.24, 2.45) is 5.73 Å². The molecule has 118 valence electrons. The van der Waals surface area contributed by atoms with Crippen LogP contribution in [0, 0.1) is 5.82 Å². The summed E-state index contributed by atoms with van der Waals surface area (Å²) in [5.74, 6) is -0.571. The van der Waals surface area contributed by atoms with Crippen LogP contribution in [-0.2, 0) is 16.6 Å². The van der Waals surface area contributed by atoms with E-state index in [0.29, 0.717) is 0 Å². The predicted molar refractivity (Wildman–Crippen MR) is 80.7 cm³/mol. The third-order valence-corrected chi connectivity index (χ3v) is 5.60. The van der Waals surface area contributed by atoms with Crippen molar-refractivity contribution in [2.45, 2.75) is 62.4 Å². The van der Waals surface area contributed by atoms with Crippen molar-refractivity contribution in [3.8, 4) is 0 Å². The van der Waals surface area contributed by atoms with Crippen molar-refractivity contribution in [2.75, 3.05) is 0 Å². The van der Waals surface area contributed by atoms with Crippen LogP contribution in [0.2, 0.25) is 0 Å². The summed E-state index contributed by atoms with van der Waals surface area (Å²) in [7, 11) is -3.72. The van der Waals surface area contributed by atoms with Crippen molar-refractivity contribution in [1.82, 2.24) is 4.72 Å². The fourth-order valence-corrected chi connectivity index (χ4v) is 4.41. The van der Waals surface area contributed by atoms with Crippen molar-refractivity contribution in [1.29, 1.82) is 0 Å². The van der Waals surface area contributed by atoms with Gasteiger partial charge in [0.25, 0.3) is 0 Å². The Morgan fingerprint density at radius 2 is 1.76 bits per heavy atom. The molecule has 1 fully saturated rings. The first-order chi connectivity index (χ1) is 10.0. The number of sulfonamides is 1. The van der Waals surface area contributed by atoms with Crippen molar-refractivity contribution < 1.29 is 12.8 Å². The molecular weight excluding hydrogens is 291 g/mol. The highest BCUT2D eigenvalue weighted by molar-refractivity contribution is 7.89. The Kier molecular flexibility index (Phi) is 5.72. The second-order valence-electron chi connectivity index (χ2n) is 5.58. The van der Waals surface area contributed by atoms with E-state index in [1.165, 1.54) is 24.6 Å². The molecule has 0 heterocycles. The van der Waals surface area contributed by atoms with E-state index in [1.807, 2.05) is 0 Å². The van der Waals surface area contributed by atoms with Crippen LogP contribution in [0.15, 0.2) is 23.1 Å². The normalized spacial score (nSPS) is 18.2. The predicted octanol–water partition coefficient (Wildman–Crippen LogP) is 2.68. The largest absolute Gasteiger partial charge is 0.326 e. The number of hydrogen-bond acceptors (Lipinski definition) is 3. The molecular formula is C15H23FN2O2S. The molecule has 0 bridgehead atoms. The van der Waals surface area contributed by atoms with Crippen LogP contribution in [0.3, 0.4) is 0 Å². The zero-order chi connectivity index (χ0) is 15.3. The SMILES string of the molecule is NCc1c(F)cccc1S(=O)(=O)NC1CCCCCCC1. The minimum atomic E-state index is -3.72. The molecule has 4 nitrogen and oxygen atoms in total. The summed E-state index contributed by atoms with van der Waals surface area (Å²) in [6, 6.07) is 3.98. The van der Waals surface area contributed by atoms with E-state index in [9.17, 15) is 12.8 Å². The molecule has 2 rings (SSSR count). The second-order valence-corrected chi connectivity index (χ2v) is 7.27. The second kappa shape index (κ2) is 7.33. The van der Waals surface area contributed by atoms with Gasteiger partial charge in [0.1, 0.15) is 5.82 Å². The van der Waals surface area contributed by atoms with E-state index in [1.54, 1.807) is 0 Å². The molecule has 1 aromatic carbocycles. The number of nitrogens with one attached hydrogen (secondary N) is 1. The first-order valence-electron chi connectivity index (χ1n) is 7.54. The Balaban J connectivity index is 2.19. The van der Waals surface area contributed by atoms with E-state index >= 15 is 0 Å². The van der Waals surface area contributed by atoms with Crippen LogP contribution >= 0.6 is 0 Å². The van der Waals surface area contributed by atoms with E-state index in [-0.39, 0.29) is 23.0 Å². The van der Waals surface area contributed by atoms with Crippen LogP contribution in [0.25, 0.3) is 0 Å². The van der Waals surface area contributed by atoms with Gasteiger partial charge < -0.3 is 5.73 Å². The lowest BCUT2D eigenvalue weighted by Gasteiger charge is -2.21. The number of halogens is 1. The van der Waals surface area contributed by atoms with Gasteiger partial charge >= 0.3 is 0 Å². The molecule has 0 amide bonds. The highest BCUT2D eigenvalue weighted by atomic mass is 32.2. The molecule has 0 atom stereocenters. The standard InChI is InChI=1S/C15H23FN2O2S/c16-14-9-6-10-15(13(14)11-17)21(19,20)18-12-7-4-2-1-3-5-8-12/h6,9-10,12,18H,1-5,7-8,11,17H2. The van der Waals surface area contributed by atoms with Crippen LogP contribution < -0.4 is 10.5 Å². The first kappa shape index (κ1) is 16.4. The third kappa shape index (κ3) is 4.25. The number of hydrogen-bond donors (Lipinski definition) is 2. The molecule has 0 aliphatic heterocycles. The van der Waals surface area contributed by atoms with Gasteiger partial charge in [-0.15, -0.1) is 0 Å². The summed E-state index contributed by atoms with van der Waals surface area (Å²) < 4.78 is 41.4. The Morgan fingerprint density at radius 1 is 1.14 bits per heavy atom. The fraction of sp³-hybridized carbons (Fsp3) is 0.600. The van der Waals surface area contributed by atoms with Crippen LogP contribution in [0.4, 0.5) is 4.39 Å². The lowest BCUT2D eigenvalue weighted by molar-refractivity contribution is 0.426. The van der Waals surface area contributed by atoms with E-state index in [4.69, 9.17) is 5.73 Å². The van der Waals surface area contributed by atoms with Gasteiger partial charge in [0.2, 0.25) is 10.0 Å². The minimum Gasteiger partial charge on any atom is -0.326 e. The highest BCUT2D eigenvalue weighted by Gasteiger charge is 2.24. The molecule has 6 heteroatoms. The maximum Gasteiger partial charge on any atom is 0.241 e. The first-order valence-corrected chi connectivity index (χ1v) is 9.02. The minimum absolute atomic E-state index is 0.0351. The number of nitrogens with two attached hydrogens (primary N) is 1. The lowest BCUT2D eigenvalue weighted by Crippen LogP contribution is -2.36. The topological polar surface area (TPSA) is 72.2 Å². The van der Waals surface area contributed by atoms with E-state index in [2.05, 4.69) is 4.72 Å². The summed E-state index contributed by atoms with van der Waals surface area (Å²) >= 11 is 0. The molecule has 0 aromatic heterocycles. The van der Waals surface area contributed by atoms with Gasteiger partial charge in [-0.25, -0.2) is 17.5 Å². The average molecular weight is 314 g/mol. The smallest absolute Gasteiger partial charge is 0.241 e. The monoisotopic (exact) mass is 314 g/mol. The van der Waals surface area contributed by atoms with Gasteiger partial charge in [0.05, 0.1) is 4.90 Å². The van der Waals surface area contributed by atoms with E-state index < -0.39 is 15.8 Å². The van der Waals surface area contributed by atoms with Crippen molar-refractivity contribution >= 4 is 10.0 Å². The lowest BCUT2D eigenvalue weighted by atomic mass is 9.97. The Labute approximate surface area is 126 Å². The van der Waals surface area contributed by atoms with Gasteiger partial charge in [-0.2, -0.15) is 0 Å². The van der Waals surface area contributed by atoms with Gasteiger partial charge in [-0.05, 0) is 25.0 Å². The zero-order valence-electron chi connectivity index (χ0n) is 12.1. The molecule has 0 spiro atoms. The molecule has 3 N–H and O–H groups in total. The molecule has 0 saturated heterocycles. The Bertz CT molecular complexity index is 567. The maximum atomic E-state index is 13.7. The molecule has 21 heavy (non-hydrogen) atoms. The quantitative estimate of drug-likeness (QED) is 0.897. The number of rotatable bonds is 4. The van der Waals surface area contributed by atoms with E-state index in [0.717, 1.165) is 38.5 Å². The molecule has 1 aliphatic carbocycles. The van der Waals surface area contributed by atoms with Crippen molar-refractivity contribution in [3.05, 3.63) is 29.6 Å². The van der Waals surface area contributed by atoms with Crippen LogP contribution in [0.5, 0.6) is 0 Å². The fourth-order valence-electron chi connectivity index (χ4n) is 2.85. The summed E-state index contributed by atoms with van der Waals surface area (Å²) in [4.78, 5) is -0.0351. The Hall–Kier alpha value is -0.980. The van der Waals surface area contributed by atoms with Gasteiger partial charge in [-0.1, -0.05) is 38.2 Å². The van der Waals surface area contributed by atoms with Gasteiger partial charge in [0.15, 0.2) is 0 Å². The third-order valence-electron chi connectivity index (χ3n) is 4.00. The number of benzene rings is 1. The van der Waals surface area contributed by atoms with Crippen LogP contribution in [0.1, 0.15) is 50.5 Å².